The molecule has 0 aromatic heterocycles. The van der Waals surface area contributed by atoms with Crippen LogP contribution in [0, 0.1) is 0 Å². The Bertz CT molecular complexity index is 90.5. The van der Waals surface area contributed by atoms with Crippen molar-refractivity contribution in [1.29, 1.82) is 0 Å². The summed E-state index contributed by atoms with van der Waals surface area (Å²) in [5, 5.41) is 3.07. The molecule has 1 heterocycles. The summed E-state index contributed by atoms with van der Waals surface area (Å²) < 4.78 is 12.4. The van der Waals surface area contributed by atoms with E-state index in [1.54, 1.807) is 0 Å². The van der Waals surface area contributed by atoms with E-state index in [0.29, 0.717) is 13.0 Å². The first-order valence-corrected chi connectivity index (χ1v) is 2.99. The molecule has 2 heteroatoms. The normalized spacial score (nSPS) is 35.6. The summed E-state index contributed by atoms with van der Waals surface area (Å²) in [6, 6.07) is 0. The molecule has 1 saturated heterocycles. The van der Waals surface area contributed by atoms with Crippen molar-refractivity contribution in [2.45, 2.75) is 32.0 Å². The highest BCUT2D eigenvalue weighted by Crippen LogP contribution is 2.19. The lowest BCUT2D eigenvalue weighted by Gasteiger charge is -2.15. The second kappa shape index (κ2) is 1.69. The summed E-state index contributed by atoms with van der Waals surface area (Å²) in [6.07, 6.45) is 0.0394. The maximum Gasteiger partial charge on any atom is 0.114 e. The molecule has 0 amide bonds. The fourth-order valence-corrected chi connectivity index (χ4v) is 1.09. The van der Waals surface area contributed by atoms with Gasteiger partial charge in [-0.15, -0.1) is 0 Å². The van der Waals surface area contributed by atoms with Crippen LogP contribution < -0.4 is 5.32 Å². The fraction of sp³-hybridized carbons (Fsp3) is 1.00. The lowest BCUT2D eigenvalue weighted by molar-refractivity contribution is 0.340. The molecule has 0 aromatic carbocycles. The summed E-state index contributed by atoms with van der Waals surface area (Å²) in [6.45, 7) is 4.58. The van der Waals surface area contributed by atoms with E-state index in [9.17, 15) is 4.39 Å². The molecule has 1 rings (SSSR count). The van der Waals surface area contributed by atoms with Crippen molar-refractivity contribution < 1.29 is 4.39 Å². The molecule has 1 aliphatic rings. The maximum absolute atomic E-state index is 12.4. The summed E-state index contributed by atoms with van der Waals surface area (Å²) in [5.41, 5.74) is 0.0411. The molecule has 1 atom stereocenters. The van der Waals surface area contributed by atoms with E-state index in [1.165, 1.54) is 0 Å². The third-order valence-electron chi connectivity index (χ3n) is 1.53. The molecule has 1 N–H and O–H groups in total. The van der Waals surface area contributed by atoms with E-state index in [0.717, 1.165) is 0 Å². The lowest BCUT2D eigenvalue weighted by atomic mass is 10.0. The van der Waals surface area contributed by atoms with Gasteiger partial charge in [0.2, 0.25) is 0 Å². The van der Waals surface area contributed by atoms with Gasteiger partial charge in [-0.1, -0.05) is 0 Å². The first-order valence-electron chi connectivity index (χ1n) is 2.99. The molecule has 1 fully saturated rings. The summed E-state index contributed by atoms with van der Waals surface area (Å²) >= 11 is 0. The zero-order valence-corrected chi connectivity index (χ0v) is 5.37. The monoisotopic (exact) mass is 117 g/mol. The molecule has 0 saturated carbocycles. The fourth-order valence-electron chi connectivity index (χ4n) is 1.09. The summed E-state index contributed by atoms with van der Waals surface area (Å²) in [5.74, 6) is 0. The molecule has 0 spiro atoms. The first-order chi connectivity index (χ1) is 3.60. The van der Waals surface area contributed by atoms with E-state index >= 15 is 0 Å². The van der Waals surface area contributed by atoms with Crippen LogP contribution in [0.5, 0.6) is 0 Å². The minimum atomic E-state index is -0.620. The van der Waals surface area contributed by atoms with Gasteiger partial charge in [0.05, 0.1) is 0 Å². The quantitative estimate of drug-likeness (QED) is 0.501. The van der Waals surface area contributed by atoms with E-state index in [-0.39, 0.29) is 5.54 Å². The molecule has 0 bridgehead atoms. The first kappa shape index (κ1) is 6.02. The Morgan fingerprint density at radius 2 is 2.25 bits per heavy atom. The largest absolute Gasteiger partial charge is 0.309 e. The Morgan fingerprint density at radius 1 is 1.62 bits per heavy atom. The highest BCUT2D eigenvalue weighted by molar-refractivity contribution is 4.89. The predicted octanol–water partition coefficient (Wildman–Crippen LogP) is 1.10. The third kappa shape index (κ3) is 1.19. The van der Waals surface area contributed by atoms with Crippen LogP contribution in [0.1, 0.15) is 20.3 Å². The van der Waals surface area contributed by atoms with Gasteiger partial charge in [-0.2, -0.15) is 0 Å². The Labute approximate surface area is 49.3 Å². The maximum atomic E-state index is 12.4. The molecule has 8 heavy (non-hydrogen) atoms. The van der Waals surface area contributed by atoms with Crippen LogP contribution in [-0.4, -0.2) is 18.3 Å². The molecule has 0 aliphatic carbocycles. The Balaban J connectivity index is 2.44. The van der Waals surface area contributed by atoms with Crippen LogP contribution >= 0.6 is 0 Å². The van der Waals surface area contributed by atoms with Gasteiger partial charge in [-0.05, 0) is 20.3 Å². The van der Waals surface area contributed by atoms with Crippen LogP contribution in [-0.2, 0) is 0 Å². The number of hydrogen-bond acceptors (Lipinski definition) is 1. The standard InChI is InChI=1S/C6H12FN/c1-6(2)3-5(7)4-8-6/h5,8H,3-4H2,1-2H3/t5-/m0/s1. The number of hydrogen-bond donors (Lipinski definition) is 1. The van der Waals surface area contributed by atoms with Gasteiger partial charge in [0.15, 0.2) is 0 Å². The molecule has 0 unspecified atom stereocenters. The molecule has 0 aromatic rings. The number of alkyl halides is 1. The van der Waals surface area contributed by atoms with Gasteiger partial charge in [0.1, 0.15) is 6.17 Å². The third-order valence-corrected chi connectivity index (χ3v) is 1.53. The zero-order chi connectivity index (χ0) is 6.20. The van der Waals surface area contributed by atoms with Crippen molar-refractivity contribution in [3.8, 4) is 0 Å². The molecule has 1 nitrogen and oxygen atoms in total. The minimum absolute atomic E-state index is 0.0411. The molecule has 0 radical (unpaired) electrons. The van der Waals surface area contributed by atoms with E-state index < -0.39 is 6.17 Å². The van der Waals surface area contributed by atoms with Crippen molar-refractivity contribution in [1.82, 2.24) is 5.32 Å². The minimum Gasteiger partial charge on any atom is -0.309 e. The Hall–Kier alpha value is -0.110. The van der Waals surface area contributed by atoms with Crippen molar-refractivity contribution in [3.05, 3.63) is 0 Å². The van der Waals surface area contributed by atoms with Gasteiger partial charge < -0.3 is 5.32 Å². The SMILES string of the molecule is CC1(C)C[C@H](F)CN1. The second-order valence-electron chi connectivity index (χ2n) is 3.07. The van der Waals surface area contributed by atoms with Gasteiger partial charge in [0.25, 0.3) is 0 Å². The zero-order valence-electron chi connectivity index (χ0n) is 5.37. The Morgan fingerprint density at radius 3 is 2.38 bits per heavy atom. The summed E-state index contributed by atoms with van der Waals surface area (Å²) in [7, 11) is 0. The average Bonchev–Trinajstić information content (AvgIpc) is 1.82. The van der Waals surface area contributed by atoms with Crippen molar-refractivity contribution in [3.63, 3.8) is 0 Å². The molecule has 48 valence electrons. The predicted molar refractivity (Wildman–Crippen MR) is 31.6 cm³/mol. The van der Waals surface area contributed by atoms with Gasteiger partial charge >= 0.3 is 0 Å². The van der Waals surface area contributed by atoms with Crippen molar-refractivity contribution >= 4 is 0 Å². The topological polar surface area (TPSA) is 12.0 Å². The van der Waals surface area contributed by atoms with Crippen LogP contribution in [0.3, 0.4) is 0 Å². The van der Waals surface area contributed by atoms with Crippen molar-refractivity contribution in [2.75, 3.05) is 6.54 Å². The molecule has 1 aliphatic heterocycles. The van der Waals surface area contributed by atoms with Gasteiger partial charge in [0, 0.05) is 12.1 Å². The number of halogens is 1. The van der Waals surface area contributed by atoms with Crippen molar-refractivity contribution in [2.24, 2.45) is 0 Å². The average molecular weight is 117 g/mol. The second-order valence-corrected chi connectivity index (χ2v) is 3.07. The molecular formula is C6H12FN. The van der Waals surface area contributed by atoms with E-state index in [4.69, 9.17) is 0 Å². The van der Waals surface area contributed by atoms with Crippen LogP contribution in [0.15, 0.2) is 0 Å². The van der Waals surface area contributed by atoms with Crippen LogP contribution in [0.4, 0.5) is 4.39 Å². The van der Waals surface area contributed by atoms with Gasteiger partial charge in [-0.3, -0.25) is 0 Å². The number of rotatable bonds is 0. The Kier molecular flexibility index (Phi) is 1.27. The molecular weight excluding hydrogens is 105 g/mol. The van der Waals surface area contributed by atoms with E-state index in [2.05, 4.69) is 5.32 Å². The number of nitrogens with one attached hydrogen (secondary N) is 1. The smallest absolute Gasteiger partial charge is 0.114 e. The van der Waals surface area contributed by atoms with Crippen LogP contribution in [0.25, 0.3) is 0 Å². The highest BCUT2D eigenvalue weighted by Gasteiger charge is 2.29. The van der Waals surface area contributed by atoms with Gasteiger partial charge in [-0.25, -0.2) is 4.39 Å². The van der Waals surface area contributed by atoms with E-state index in [1.807, 2.05) is 13.8 Å². The summed E-state index contributed by atoms with van der Waals surface area (Å²) in [4.78, 5) is 0. The lowest BCUT2D eigenvalue weighted by Crippen LogP contribution is -2.31. The van der Waals surface area contributed by atoms with Crippen LogP contribution in [0.2, 0.25) is 0 Å². The highest BCUT2D eigenvalue weighted by atomic mass is 19.1.